The fourth-order valence-electron chi connectivity index (χ4n) is 3.84. The molecular formula is C17H24N2O2. The van der Waals surface area contributed by atoms with Gasteiger partial charge in [-0.1, -0.05) is 37.3 Å². The molecule has 1 N–H and O–H groups in total. The van der Waals surface area contributed by atoms with Gasteiger partial charge in [0.15, 0.2) is 0 Å². The fraction of sp³-hybridized carbons (Fsp3) is 0.588. The highest BCUT2D eigenvalue weighted by atomic mass is 16.4. The van der Waals surface area contributed by atoms with Gasteiger partial charge in [-0.15, -0.1) is 0 Å². The van der Waals surface area contributed by atoms with Gasteiger partial charge in [-0.05, 0) is 30.9 Å². The number of carboxylic acids is 1. The Kier molecular flexibility index (Phi) is 4.27. The number of likely N-dealkylation sites (tertiary alicyclic amines) is 2. The molecule has 0 amide bonds. The fourth-order valence-corrected chi connectivity index (χ4v) is 3.84. The van der Waals surface area contributed by atoms with Gasteiger partial charge in [0.05, 0.1) is 0 Å². The van der Waals surface area contributed by atoms with Crippen LogP contribution < -0.4 is 0 Å². The van der Waals surface area contributed by atoms with Crippen LogP contribution in [-0.2, 0) is 11.3 Å². The summed E-state index contributed by atoms with van der Waals surface area (Å²) in [4.78, 5) is 16.2. The van der Waals surface area contributed by atoms with E-state index in [0.717, 1.165) is 39.0 Å². The first kappa shape index (κ1) is 14.5. The minimum atomic E-state index is -0.651. The lowest BCUT2D eigenvalue weighted by Crippen LogP contribution is -2.46. The summed E-state index contributed by atoms with van der Waals surface area (Å²) in [7, 11) is 0. The standard InChI is InChI=1S/C17H24N2O2/c1-13-7-10-19(16(13)17(20)21)15-8-9-18(12-15)11-14-5-3-2-4-6-14/h2-6,13,15-16H,7-12H2,1H3,(H,20,21). The van der Waals surface area contributed by atoms with E-state index in [1.807, 2.05) is 6.07 Å². The molecule has 3 unspecified atom stereocenters. The summed E-state index contributed by atoms with van der Waals surface area (Å²) in [6.45, 7) is 6.03. The number of rotatable bonds is 4. The van der Waals surface area contributed by atoms with Crippen LogP contribution in [0.3, 0.4) is 0 Å². The van der Waals surface area contributed by atoms with Gasteiger partial charge in [-0.2, -0.15) is 0 Å². The maximum Gasteiger partial charge on any atom is 0.321 e. The lowest BCUT2D eigenvalue weighted by Gasteiger charge is -2.29. The minimum absolute atomic E-state index is 0.269. The zero-order valence-electron chi connectivity index (χ0n) is 12.6. The van der Waals surface area contributed by atoms with Crippen molar-refractivity contribution >= 4 is 5.97 Å². The maximum absolute atomic E-state index is 11.5. The molecule has 4 heteroatoms. The molecule has 2 saturated heterocycles. The zero-order valence-corrected chi connectivity index (χ0v) is 12.6. The van der Waals surface area contributed by atoms with Crippen molar-refractivity contribution in [2.75, 3.05) is 19.6 Å². The van der Waals surface area contributed by atoms with Crippen LogP contribution in [0.25, 0.3) is 0 Å². The topological polar surface area (TPSA) is 43.8 Å². The highest BCUT2D eigenvalue weighted by Crippen LogP contribution is 2.30. The van der Waals surface area contributed by atoms with Gasteiger partial charge in [0.2, 0.25) is 0 Å². The molecular weight excluding hydrogens is 264 g/mol. The molecule has 21 heavy (non-hydrogen) atoms. The molecule has 114 valence electrons. The lowest BCUT2D eigenvalue weighted by atomic mass is 10.0. The number of hydrogen-bond acceptors (Lipinski definition) is 3. The molecule has 0 spiro atoms. The molecule has 0 aliphatic carbocycles. The first-order chi connectivity index (χ1) is 10.1. The molecule has 0 aromatic heterocycles. The second-order valence-corrected chi connectivity index (χ2v) is 6.45. The molecule has 1 aromatic carbocycles. The predicted octanol–water partition coefficient (Wildman–Crippen LogP) is 2.06. The quantitative estimate of drug-likeness (QED) is 0.921. The second-order valence-electron chi connectivity index (χ2n) is 6.45. The van der Waals surface area contributed by atoms with Crippen molar-refractivity contribution in [1.29, 1.82) is 0 Å². The van der Waals surface area contributed by atoms with Crippen LogP contribution in [-0.4, -0.2) is 52.6 Å². The van der Waals surface area contributed by atoms with Crippen molar-refractivity contribution in [2.24, 2.45) is 5.92 Å². The van der Waals surface area contributed by atoms with Crippen LogP contribution >= 0.6 is 0 Å². The monoisotopic (exact) mass is 288 g/mol. The number of benzene rings is 1. The van der Waals surface area contributed by atoms with Crippen molar-refractivity contribution in [3.63, 3.8) is 0 Å². The Morgan fingerprint density at radius 1 is 1.24 bits per heavy atom. The van der Waals surface area contributed by atoms with Crippen molar-refractivity contribution in [3.05, 3.63) is 35.9 Å². The molecule has 2 aliphatic rings. The van der Waals surface area contributed by atoms with E-state index in [0.29, 0.717) is 6.04 Å². The van der Waals surface area contributed by atoms with Gasteiger partial charge in [-0.3, -0.25) is 14.6 Å². The van der Waals surface area contributed by atoms with Gasteiger partial charge in [-0.25, -0.2) is 0 Å². The third-order valence-corrected chi connectivity index (χ3v) is 4.96. The molecule has 2 heterocycles. The summed E-state index contributed by atoms with van der Waals surface area (Å²) in [6.07, 6.45) is 2.09. The van der Waals surface area contributed by atoms with E-state index in [2.05, 4.69) is 41.0 Å². The number of nitrogens with zero attached hydrogens (tertiary/aromatic N) is 2. The van der Waals surface area contributed by atoms with E-state index >= 15 is 0 Å². The molecule has 2 fully saturated rings. The van der Waals surface area contributed by atoms with Crippen LogP contribution in [0.15, 0.2) is 30.3 Å². The first-order valence-electron chi connectivity index (χ1n) is 7.90. The molecule has 3 atom stereocenters. The van der Waals surface area contributed by atoms with Gasteiger partial charge in [0.25, 0.3) is 0 Å². The molecule has 4 nitrogen and oxygen atoms in total. The normalized spacial score (nSPS) is 30.8. The van der Waals surface area contributed by atoms with Crippen molar-refractivity contribution in [1.82, 2.24) is 9.80 Å². The van der Waals surface area contributed by atoms with Crippen molar-refractivity contribution < 1.29 is 9.90 Å². The van der Waals surface area contributed by atoms with E-state index in [4.69, 9.17) is 0 Å². The Labute approximate surface area is 126 Å². The molecule has 2 aliphatic heterocycles. The summed E-state index contributed by atoms with van der Waals surface area (Å²) >= 11 is 0. The van der Waals surface area contributed by atoms with Crippen LogP contribution in [0.4, 0.5) is 0 Å². The van der Waals surface area contributed by atoms with Crippen LogP contribution in [0, 0.1) is 5.92 Å². The molecule has 0 radical (unpaired) electrons. The molecule has 0 saturated carbocycles. The lowest BCUT2D eigenvalue weighted by molar-refractivity contribution is -0.144. The maximum atomic E-state index is 11.5. The van der Waals surface area contributed by atoms with Gasteiger partial charge in [0.1, 0.15) is 6.04 Å². The van der Waals surface area contributed by atoms with E-state index in [1.54, 1.807) is 0 Å². The molecule has 3 rings (SSSR count). The molecule has 0 bridgehead atoms. The summed E-state index contributed by atoms with van der Waals surface area (Å²) < 4.78 is 0. The smallest absolute Gasteiger partial charge is 0.321 e. The van der Waals surface area contributed by atoms with Gasteiger partial charge in [0, 0.05) is 25.7 Å². The summed E-state index contributed by atoms with van der Waals surface area (Å²) in [5.41, 5.74) is 1.34. The number of hydrogen-bond donors (Lipinski definition) is 1. The zero-order chi connectivity index (χ0) is 14.8. The first-order valence-corrected chi connectivity index (χ1v) is 7.90. The Bertz CT molecular complexity index is 491. The van der Waals surface area contributed by atoms with E-state index < -0.39 is 5.97 Å². The summed E-state index contributed by atoms with van der Waals surface area (Å²) in [5.74, 6) is -0.382. The minimum Gasteiger partial charge on any atom is -0.480 e. The van der Waals surface area contributed by atoms with Crippen molar-refractivity contribution in [2.45, 2.75) is 38.4 Å². The summed E-state index contributed by atoms with van der Waals surface area (Å²) in [5, 5.41) is 9.46. The highest BCUT2D eigenvalue weighted by molar-refractivity contribution is 5.74. The van der Waals surface area contributed by atoms with Crippen LogP contribution in [0.5, 0.6) is 0 Å². The predicted molar refractivity (Wildman–Crippen MR) is 82.0 cm³/mol. The number of carbonyl (C=O) groups is 1. The largest absolute Gasteiger partial charge is 0.480 e. The average molecular weight is 288 g/mol. The van der Waals surface area contributed by atoms with E-state index in [1.165, 1.54) is 5.56 Å². The van der Waals surface area contributed by atoms with E-state index in [-0.39, 0.29) is 12.0 Å². The number of carboxylic acid groups (broad SMARTS) is 1. The number of aliphatic carboxylic acids is 1. The Morgan fingerprint density at radius 3 is 2.71 bits per heavy atom. The Morgan fingerprint density at radius 2 is 2.00 bits per heavy atom. The van der Waals surface area contributed by atoms with Gasteiger partial charge < -0.3 is 5.11 Å². The van der Waals surface area contributed by atoms with Gasteiger partial charge >= 0.3 is 5.97 Å². The van der Waals surface area contributed by atoms with Crippen molar-refractivity contribution in [3.8, 4) is 0 Å². The molecule has 1 aromatic rings. The second kappa shape index (κ2) is 6.16. The third kappa shape index (κ3) is 3.11. The van der Waals surface area contributed by atoms with E-state index in [9.17, 15) is 9.90 Å². The van der Waals surface area contributed by atoms with Crippen LogP contribution in [0.2, 0.25) is 0 Å². The van der Waals surface area contributed by atoms with Crippen LogP contribution in [0.1, 0.15) is 25.3 Å². The summed E-state index contributed by atoms with van der Waals surface area (Å²) in [6, 6.07) is 10.6. The highest BCUT2D eigenvalue weighted by Gasteiger charge is 2.42. The third-order valence-electron chi connectivity index (χ3n) is 4.96. The Balaban J connectivity index is 1.60. The average Bonchev–Trinajstić information content (AvgIpc) is 3.06. The SMILES string of the molecule is CC1CCN(C2CCN(Cc3ccccc3)C2)C1C(=O)O. The Hall–Kier alpha value is -1.39.